The number of carbonyl (C=O) groups excluding carboxylic acids is 1. The van der Waals surface area contributed by atoms with Crippen molar-refractivity contribution in [1.29, 1.82) is 0 Å². The van der Waals surface area contributed by atoms with E-state index in [0.29, 0.717) is 13.1 Å². The Kier molecular flexibility index (Phi) is 5.33. The fourth-order valence-electron chi connectivity index (χ4n) is 2.97. The molecular formula is C18H22N4O3. The molecule has 1 aliphatic rings. The number of aromatic nitrogens is 2. The van der Waals surface area contributed by atoms with Crippen molar-refractivity contribution < 1.29 is 9.53 Å². The van der Waals surface area contributed by atoms with Crippen molar-refractivity contribution in [3.8, 4) is 5.75 Å². The van der Waals surface area contributed by atoms with E-state index in [1.54, 1.807) is 19.4 Å². The Balaban J connectivity index is 1.61. The first-order chi connectivity index (χ1) is 12.2. The summed E-state index contributed by atoms with van der Waals surface area (Å²) >= 11 is 0. The van der Waals surface area contributed by atoms with Crippen LogP contribution in [0.2, 0.25) is 0 Å². The minimum Gasteiger partial charge on any atom is -0.497 e. The molecule has 1 saturated heterocycles. The van der Waals surface area contributed by atoms with Crippen molar-refractivity contribution in [2.24, 2.45) is 0 Å². The lowest BCUT2D eigenvalue weighted by Crippen LogP contribution is -2.39. The third-order valence-corrected chi connectivity index (χ3v) is 4.37. The van der Waals surface area contributed by atoms with Crippen molar-refractivity contribution in [1.82, 2.24) is 14.5 Å². The summed E-state index contributed by atoms with van der Waals surface area (Å²) in [6.07, 6.45) is 3.91. The van der Waals surface area contributed by atoms with Crippen molar-refractivity contribution in [3.05, 3.63) is 53.2 Å². The zero-order valence-corrected chi connectivity index (χ0v) is 14.3. The number of nitrogens with zero attached hydrogens (tertiary/aromatic N) is 4. The van der Waals surface area contributed by atoms with Crippen molar-refractivity contribution in [2.75, 3.05) is 38.2 Å². The molecule has 1 aromatic heterocycles. The summed E-state index contributed by atoms with van der Waals surface area (Å²) in [4.78, 5) is 31.9. The number of benzene rings is 1. The molecule has 7 heteroatoms. The van der Waals surface area contributed by atoms with Gasteiger partial charge in [-0.1, -0.05) is 0 Å². The van der Waals surface area contributed by atoms with Gasteiger partial charge in [0, 0.05) is 44.3 Å². The van der Waals surface area contributed by atoms with Crippen LogP contribution in [0.4, 0.5) is 5.69 Å². The average Bonchev–Trinajstić information content (AvgIpc) is 2.90. The number of amides is 1. The molecule has 7 nitrogen and oxygen atoms in total. The molecule has 0 atom stereocenters. The van der Waals surface area contributed by atoms with E-state index in [1.165, 1.54) is 10.8 Å². The molecule has 2 heterocycles. The van der Waals surface area contributed by atoms with Gasteiger partial charge >= 0.3 is 5.69 Å². The zero-order chi connectivity index (χ0) is 17.6. The first-order valence-corrected chi connectivity index (χ1v) is 8.35. The summed E-state index contributed by atoms with van der Waals surface area (Å²) in [5.74, 6) is 0.781. The highest BCUT2D eigenvalue weighted by molar-refractivity contribution is 5.76. The molecule has 25 heavy (non-hydrogen) atoms. The van der Waals surface area contributed by atoms with E-state index in [0.717, 1.165) is 30.9 Å². The van der Waals surface area contributed by atoms with Crippen LogP contribution < -0.4 is 15.3 Å². The monoisotopic (exact) mass is 342 g/mol. The van der Waals surface area contributed by atoms with Crippen molar-refractivity contribution >= 4 is 11.6 Å². The quantitative estimate of drug-likeness (QED) is 0.829. The molecule has 1 aliphatic heterocycles. The molecule has 3 rings (SSSR count). The Morgan fingerprint density at radius 3 is 2.68 bits per heavy atom. The highest BCUT2D eigenvalue weighted by atomic mass is 16.5. The SMILES string of the molecule is COc1ccc(N2CCCN(C(=O)Cn3cccnc3=O)CC2)cc1. The van der Waals surface area contributed by atoms with Gasteiger partial charge in [0.15, 0.2) is 0 Å². The maximum atomic E-state index is 12.5. The summed E-state index contributed by atoms with van der Waals surface area (Å²) in [6.45, 7) is 3.03. The molecule has 0 bridgehead atoms. The van der Waals surface area contributed by atoms with Crippen LogP contribution in [0.5, 0.6) is 5.75 Å². The third kappa shape index (κ3) is 4.17. The van der Waals surface area contributed by atoms with Crippen LogP contribution in [0.1, 0.15) is 6.42 Å². The highest BCUT2D eigenvalue weighted by Gasteiger charge is 2.20. The Bertz CT molecular complexity index is 772. The van der Waals surface area contributed by atoms with Crippen LogP contribution in [-0.2, 0) is 11.3 Å². The maximum Gasteiger partial charge on any atom is 0.347 e. The van der Waals surface area contributed by atoms with Gasteiger partial charge in [0.2, 0.25) is 5.91 Å². The second kappa shape index (κ2) is 7.83. The molecule has 1 aromatic carbocycles. The van der Waals surface area contributed by atoms with Crippen molar-refractivity contribution in [2.45, 2.75) is 13.0 Å². The van der Waals surface area contributed by atoms with Gasteiger partial charge in [-0.25, -0.2) is 9.78 Å². The number of anilines is 1. The number of carbonyl (C=O) groups is 1. The molecule has 0 saturated carbocycles. The van der Waals surface area contributed by atoms with Crippen LogP contribution in [0.15, 0.2) is 47.5 Å². The second-order valence-electron chi connectivity index (χ2n) is 5.95. The topological polar surface area (TPSA) is 67.7 Å². The van der Waals surface area contributed by atoms with Crippen molar-refractivity contribution in [3.63, 3.8) is 0 Å². The molecule has 0 radical (unpaired) electrons. The Hall–Kier alpha value is -2.83. The second-order valence-corrected chi connectivity index (χ2v) is 5.95. The lowest BCUT2D eigenvalue weighted by Gasteiger charge is -2.24. The van der Waals surface area contributed by atoms with Crippen LogP contribution >= 0.6 is 0 Å². The molecule has 2 aromatic rings. The number of methoxy groups -OCH3 is 1. The summed E-state index contributed by atoms with van der Waals surface area (Å²) in [6, 6.07) is 9.61. The fraction of sp³-hybridized carbons (Fsp3) is 0.389. The van der Waals surface area contributed by atoms with E-state index in [2.05, 4.69) is 9.88 Å². The Labute approximate surface area is 146 Å². The van der Waals surface area contributed by atoms with E-state index in [9.17, 15) is 9.59 Å². The molecule has 0 unspecified atom stereocenters. The van der Waals surface area contributed by atoms with Gasteiger partial charge in [0.1, 0.15) is 12.3 Å². The van der Waals surface area contributed by atoms with E-state index >= 15 is 0 Å². The van der Waals surface area contributed by atoms with Gasteiger partial charge in [0.25, 0.3) is 0 Å². The smallest absolute Gasteiger partial charge is 0.347 e. The van der Waals surface area contributed by atoms with Gasteiger partial charge in [-0.05, 0) is 36.8 Å². The Morgan fingerprint density at radius 1 is 1.16 bits per heavy atom. The molecule has 1 amide bonds. The van der Waals surface area contributed by atoms with E-state index in [4.69, 9.17) is 4.74 Å². The maximum absolute atomic E-state index is 12.5. The number of hydrogen-bond acceptors (Lipinski definition) is 5. The van der Waals surface area contributed by atoms with E-state index in [-0.39, 0.29) is 12.5 Å². The molecule has 0 N–H and O–H groups in total. The van der Waals surface area contributed by atoms with Gasteiger partial charge in [-0.15, -0.1) is 0 Å². The first-order valence-electron chi connectivity index (χ1n) is 8.35. The lowest BCUT2D eigenvalue weighted by atomic mass is 10.2. The zero-order valence-electron chi connectivity index (χ0n) is 14.3. The van der Waals surface area contributed by atoms with Gasteiger partial charge in [0.05, 0.1) is 7.11 Å². The summed E-state index contributed by atoms with van der Waals surface area (Å²) in [5.41, 5.74) is 0.726. The summed E-state index contributed by atoms with van der Waals surface area (Å²) < 4.78 is 6.53. The molecule has 0 aliphatic carbocycles. The largest absolute Gasteiger partial charge is 0.497 e. The minimum absolute atomic E-state index is 0.0369. The van der Waals surface area contributed by atoms with Gasteiger partial charge < -0.3 is 14.5 Å². The summed E-state index contributed by atoms with van der Waals surface area (Å²) in [5, 5.41) is 0. The minimum atomic E-state index is -0.398. The van der Waals surface area contributed by atoms with Crippen LogP contribution in [0.3, 0.4) is 0 Å². The molecule has 0 spiro atoms. The molecule has 132 valence electrons. The standard InChI is InChI=1S/C18H22N4O3/c1-25-16-6-4-15(5-7-16)20-10-3-11-21(13-12-20)17(23)14-22-9-2-8-19-18(22)24/h2,4-9H,3,10-14H2,1H3. The third-order valence-electron chi connectivity index (χ3n) is 4.37. The normalized spacial score (nSPS) is 14.9. The predicted octanol–water partition coefficient (Wildman–Crippen LogP) is 0.991. The van der Waals surface area contributed by atoms with E-state index < -0.39 is 5.69 Å². The van der Waals surface area contributed by atoms with Gasteiger partial charge in [-0.3, -0.25) is 9.36 Å². The van der Waals surface area contributed by atoms with Gasteiger partial charge in [-0.2, -0.15) is 0 Å². The van der Waals surface area contributed by atoms with Crippen LogP contribution in [0.25, 0.3) is 0 Å². The predicted molar refractivity (Wildman–Crippen MR) is 94.9 cm³/mol. The summed E-state index contributed by atoms with van der Waals surface area (Å²) in [7, 11) is 1.65. The highest BCUT2D eigenvalue weighted by Crippen LogP contribution is 2.20. The number of ether oxygens (including phenoxy) is 1. The first kappa shape index (κ1) is 17.0. The number of rotatable bonds is 4. The average molecular weight is 342 g/mol. The van der Waals surface area contributed by atoms with Crippen LogP contribution in [-0.4, -0.2) is 53.6 Å². The lowest BCUT2D eigenvalue weighted by molar-refractivity contribution is -0.131. The molecular weight excluding hydrogens is 320 g/mol. The van der Waals surface area contributed by atoms with E-state index in [1.807, 2.05) is 29.2 Å². The number of hydrogen-bond donors (Lipinski definition) is 0. The van der Waals surface area contributed by atoms with Crippen LogP contribution in [0, 0.1) is 0 Å². The fourth-order valence-corrected chi connectivity index (χ4v) is 2.97. The molecule has 1 fully saturated rings. The Morgan fingerprint density at radius 2 is 1.96 bits per heavy atom.